The molecule has 4 bridgehead atoms. The Morgan fingerprint density at radius 3 is 2.32 bits per heavy atom. The summed E-state index contributed by atoms with van der Waals surface area (Å²) in [4.78, 5) is 12.5. The van der Waals surface area contributed by atoms with Crippen LogP contribution in [-0.2, 0) is 0 Å². The van der Waals surface area contributed by atoms with Gasteiger partial charge >= 0.3 is 0 Å². The van der Waals surface area contributed by atoms with Gasteiger partial charge in [-0.2, -0.15) is 0 Å². The van der Waals surface area contributed by atoms with Gasteiger partial charge in [-0.05, 0) is 74.0 Å². The molecule has 22 heavy (non-hydrogen) atoms. The van der Waals surface area contributed by atoms with E-state index < -0.39 is 5.82 Å². The van der Waals surface area contributed by atoms with Crippen LogP contribution in [0, 0.1) is 29.5 Å². The van der Waals surface area contributed by atoms with Gasteiger partial charge in [0.05, 0.1) is 7.11 Å². The first kappa shape index (κ1) is 14.0. The Kier molecular flexibility index (Phi) is 3.35. The first-order chi connectivity index (χ1) is 10.6. The molecule has 4 aliphatic carbocycles. The minimum Gasteiger partial charge on any atom is -0.494 e. The van der Waals surface area contributed by atoms with E-state index in [-0.39, 0.29) is 17.7 Å². The van der Waals surface area contributed by atoms with Crippen molar-refractivity contribution < 1.29 is 13.9 Å². The van der Waals surface area contributed by atoms with E-state index in [0.29, 0.717) is 17.4 Å². The van der Waals surface area contributed by atoms with Crippen LogP contribution < -0.4 is 10.1 Å². The highest BCUT2D eigenvalue weighted by molar-refractivity contribution is 5.94. The topological polar surface area (TPSA) is 38.3 Å². The first-order valence-electron chi connectivity index (χ1n) is 8.28. The lowest BCUT2D eigenvalue weighted by Gasteiger charge is -2.54. The Balaban J connectivity index is 1.49. The van der Waals surface area contributed by atoms with E-state index in [1.165, 1.54) is 51.3 Å². The average molecular weight is 303 g/mol. The van der Waals surface area contributed by atoms with Gasteiger partial charge in [0.1, 0.15) is 0 Å². The standard InChI is InChI=1S/C18H22FNO2/c1-22-16-3-2-12(9-15(16)19)18(21)20-17-13-5-10-4-11(7-13)8-14(17)6-10/h2-3,9-11,13-14,17H,4-8H2,1H3,(H,20,21). The highest BCUT2D eigenvalue weighted by Crippen LogP contribution is 2.53. The number of halogens is 1. The fourth-order valence-corrected chi connectivity index (χ4v) is 5.20. The van der Waals surface area contributed by atoms with Crippen LogP contribution in [0.3, 0.4) is 0 Å². The zero-order valence-corrected chi connectivity index (χ0v) is 12.8. The van der Waals surface area contributed by atoms with Crippen molar-refractivity contribution >= 4 is 5.91 Å². The molecule has 1 aromatic carbocycles. The van der Waals surface area contributed by atoms with E-state index in [1.54, 1.807) is 6.07 Å². The zero-order chi connectivity index (χ0) is 15.3. The van der Waals surface area contributed by atoms with E-state index in [0.717, 1.165) is 11.8 Å². The van der Waals surface area contributed by atoms with Gasteiger partial charge in [0.2, 0.25) is 0 Å². The summed E-state index contributed by atoms with van der Waals surface area (Å²) in [6.07, 6.45) is 6.44. The summed E-state index contributed by atoms with van der Waals surface area (Å²) in [6.45, 7) is 0. The van der Waals surface area contributed by atoms with Gasteiger partial charge in [0, 0.05) is 11.6 Å². The van der Waals surface area contributed by atoms with Crippen molar-refractivity contribution in [2.24, 2.45) is 23.7 Å². The number of ether oxygens (including phenoxy) is 1. The monoisotopic (exact) mass is 303 g/mol. The summed E-state index contributed by atoms with van der Waals surface area (Å²) >= 11 is 0. The van der Waals surface area contributed by atoms with Crippen LogP contribution in [0.4, 0.5) is 4.39 Å². The second kappa shape index (κ2) is 5.25. The number of nitrogens with one attached hydrogen (secondary N) is 1. The first-order valence-corrected chi connectivity index (χ1v) is 8.28. The molecule has 4 saturated carbocycles. The molecule has 4 fully saturated rings. The predicted octanol–water partition coefficient (Wildman–Crippen LogP) is 3.39. The summed E-state index contributed by atoms with van der Waals surface area (Å²) < 4.78 is 18.7. The molecular formula is C18H22FNO2. The number of amides is 1. The number of carbonyl (C=O) groups excluding carboxylic acids is 1. The smallest absolute Gasteiger partial charge is 0.251 e. The van der Waals surface area contributed by atoms with Crippen molar-refractivity contribution in [3.8, 4) is 5.75 Å². The maximum atomic E-state index is 13.8. The molecule has 4 aliphatic rings. The SMILES string of the molecule is COc1ccc(C(=O)NC2C3CC4CC(C3)CC2C4)cc1F. The second-order valence-electron chi connectivity index (χ2n) is 7.28. The minimum atomic E-state index is -0.486. The number of hydrogen-bond donors (Lipinski definition) is 1. The number of carbonyl (C=O) groups is 1. The number of hydrogen-bond acceptors (Lipinski definition) is 2. The van der Waals surface area contributed by atoms with Crippen LogP contribution in [0.1, 0.15) is 42.5 Å². The lowest BCUT2D eigenvalue weighted by atomic mass is 9.54. The molecular weight excluding hydrogens is 281 g/mol. The Labute approximate surface area is 130 Å². The average Bonchev–Trinajstić information content (AvgIpc) is 2.50. The van der Waals surface area contributed by atoms with E-state index in [4.69, 9.17) is 4.74 Å². The van der Waals surface area contributed by atoms with Gasteiger partial charge in [-0.25, -0.2) is 4.39 Å². The van der Waals surface area contributed by atoms with Crippen LogP contribution in [0.15, 0.2) is 18.2 Å². The van der Waals surface area contributed by atoms with Gasteiger partial charge in [-0.1, -0.05) is 0 Å². The van der Waals surface area contributed by atoms with Gasteiger partial charge in [0.15, 0.2) is 11.6 Å². The molecule has 0 heterocycles. The van der Waals surface area contributed by atoms with Crippen LogP contribution in [0.2, 0.25) is 0 Å². The zero-order valence-electron chi connectivity index (χ0n) is 12.8. The quantitative estimate of drug-likeness (QED) is 0.929. The largest absolute Gasteiger partial charge is 0.494 e. The van der Waals surface area contributed by atoms with Crippen LogP contribution in [0.25, 0.3) is 0 Å². The van der Waals surface area contributed by atoms with E-state index >= 15 is 0 Å². The van der Waals surface area contributed by atoms with Crippen LogP contribution in [0.5, 0.6) is 5.75 Å². The Morgan fingerprint density at radius 2 is 1.77 bits per heavy atom. The Morgan fingerprint density at radius 1 is 1.14 bits per heavy atom. The van der Waals surface area contributed by atoms with Gasteiger partial charge in [0.25, 0.3) is 5.91 Å². The van der Waals surface area contributed by atoms with Crippen molar-refractivity contribution in [3.05, 3.63) is 29.6 Å². The molecule has 118 valence electrons. The highest BCUT2D eigenvalue weighted by Gasteiger charge is 2.48. The van der Waals surface area contributed by atoms with Gasteiger partial charge in [-0.3, -0.25) is 4.79 Å². The molecule has 0 atom stereocenters. The predicted molar refractivity (Wildman–Crippen MR) is 81.3 cm³/mol. The molecule has 1 amide bonds. The molecule has 4 heteroatoms. The molecule has 1 aromatic rings. The molecule has 0 aliphatic heterocycles. The summed E-state index contributed by atoms with van der Waals surface area (Å²) in [5, 5.41) is 3.20. The Bertz CT molecular complexity index is 573. The molecule has 0 aromatic heterocycles. The van der Waals surface area contributed by atoms with Gasteiger partial charge in [-0.15, -0.1) is 0 Å². The van der Waals surface area contributed by atoms with Crippen LogP contribution in [-0.4, -0.2) is 19.1 Å². The molecule has 0 radical (unpaired) electrons. The van der Waals surface area contributed by atoms with Crippen molar-refractivity contribution in [2.45, 2.75) is 38.1 Å². The summed E-state index contributed by atoms with van der Waals surface area (Å²) in [5.41, 5.74) is 0.382. The highest BCUT2D eigenvalue weighted by atomic mass is 19.1. The lowest BCUT2D eigenvalue weighted by molar-refractivity contribution is -0.0119. The third kappa shape index (κ3) is 2.29. The van der Waals surface area contributed by atoms with E-state index in [2.05, 4.69) is 5.32 Å². The van der Waals surface area contributed by atoms with Crippen molar-refractivity contribution in [1.29, 1.82) is 0 Å². The number of benzene rings is 1. The third-order valence-corrected chi connectivity index (χ3v) is 5.94. The number of rotatable bonds is 3. The summed E-state index contributed by atoms with van der Waals surface area (Å²) in [7, 11) is 1.42. The molecule has 3 nitrogen and oxygen atoms in total. The third-order valence-electron chi connectivity index (χ3n) is 5.94. The lowest BCUT2D eigenvalue weighted by Crippen LogP contribution is -2.55. The van der Waals surface area contributed by atoms with Crippen molar-refractivity contribution in [2.75, 3.05) is 7.11 Å². The maximum Gasteiger partial charge on any atom is 0.251 e. The molecule has 0 saturated heterocycles. The molecule has 0 unspecified atom stereocenters. The number of methoxy groups -OCH3 is 1. The Hall–Kier alpha value is -1.58. The molecule has 0 spiro atoms. The maximum absolute atomic E-state index is 13.8. The fourth-order valence-electron chi connectivity index (χ4n) is 5.20. The van der Waals surface area contributed by atoms with Crippen molar-refractivity contribution in [1.82, 2.24) is 5.32 Å². The minimum absolute atomic E-state index is 0.154. The van der Waals surface area contributed by atoms with E-state index in [9.17, 15) is 9.18 Å². The fraction of sp³-hybridized carbons (Fsp3) is 0.611. The normalized spacial score (nSPS) is 35.5. The second-order valence-corrected chi connectivity index (χ2v) is 7.28. The summed E-state index contributed by atoms with van der Waals surface area (Å²) in [5.74, 6) is 2.56. The van der Waals surface area contributed by atoms with Crippen LogP contribution >= 0.6 is 0 Å². The van der Waals surface area contributed by atoms with E-state index in [1.807, 2.05) is 0 Å². The molecule has 1 N–H and O–H groups in total. The van der Waals surface area contributed by atoms with Crippen molar-refractivity contribution in [3.63, 3.8) is 0 Å². The summed E-state index contributed by atoms with van der Waals surface area (Å²) in [6, 6.07) is 4.70. The molecule has 5 rings (SSSR count). The van der Waals surface area contributed by atoms with Gasteiger partial charge < -0.3 is 10.1 Å².